The molecule has 19 heavy (non-hydrogen) atoms. The van der Waals surface area contributed by atoms with Crippen molar-refractivity contribution in [2.75, 3.05) is 6.61 Å². The summed E-state index contributed by atoms with van der Waals surface area (Å²) in [7, 11) is 0. The molecule has 0 aliphatic carbocycles. The Labute approximate surface area is 111 Å². The van der Waals surface area contributed by atoms with Gasteiger partial charge in [0.2, 0.25) is 0 Å². The van der Waals surface area contributed by atoms with Crippen LogP contribution in [0.3, 0.4) is 0 Å². The van der Waals surface area contributed by atoms with Crippen molar-refractivity contribution in [2.45, 2.75) is 33.3 Å². The zero-order chi connectivity index (χ0) is 14.4. The molecule has 0 aromatic heterocycles. The molecule has 6 nitrogen and oxygen atoms in total. The van der Waals surface area contributed by atoms with E-state index in [-0.39, 0.29) is 12.3 Å². The van der Waals surface area contributed by atoms with E-state index in [9.17, 15) is 14.9 Å². The predicted octanol–water partition coefficient (Wildman–Crippen LogP) is 2.62. The van der Waals surface area contributed by atoms with E-state index in [4.69, 9.17) is 9.47 Å². The molecule has 1 aromatic carbocycles. The molecule has 0 saturated carbocycles. The normalized spacial score (nSPS) is 11.7. The zero-order valence-electron chi connectivity index (χ0n) is 11.2. The Morgan fingerprint density at radius 3 is 2.58 bits per heavy atom. The van der Waals surface area contributed by atoms with E-state index in [1.54, 1.807) is 26.8 Å². The minimum atomic E-state index is -0.694. The summed E-state index contributed by atoms with van der Waals surface area (Å²) >= 11 is 0. The van der Waals surface area contributed by atoms with Gasteiger partial charge in [0.05, 0.1) is 11.5 Å². The molecule has 0 saturated heterocycles. The van der Waals surface area contributed by atoms with E-state index in [1.165, 1.54) is 12.1 Å². The van der Waals surface area contributed by atoms with Gasteiger partial charge in [-0.2, -0.15) is 0 Å². The minimum Gasteiger partial charge on any atom is -0.479 e. The highest BCUT2D eigenvalue weighted by atomic mass is 16.6. The Kier molecular flexibility index (Phi) is 5.29. The van der Waals surface area contributed by atoms with Crippen molar-refractivity contribution in [2.24, 2.45) is 0 Å². The third-order valence-corrected chi connectivity index (χ3v) is 2.56. The number of carbonyl (C=O) groups excluding carboxylic acids is 1. The lowest BCUT2D eigenvalue weighted by Crippen LogP contribution is -2.28. The number of rotatable bonds is 6. The van der Waals surface area contributed by atoms with E-state index >= 15 is 0 Å². The highest BCUT2D eigenvalue weighted by molar-refractivity contribution is 5.75. The van der Waals surface area contributed by atoms with E-state index < -0.39 is 17.0 Å². The van der Waals surface area contributed by atoms with Crippen LogP contribution in [0.5, 0.6) is 5.75 Å². The van der Waals surface area contributed by atoms with E-state index in [0.29, 0.717) is 17.7 Å². The number of aryl methyl sites for hydroxylation is 1. The summed E-state index contributed by atoms with van der Waals surface area (Å²) in [6, 6.07) is 4.38. The van der Waals surface area contributed by atoms with Crippen molar-refractivity contribution in [3.8, 4) is 5.75 Å². The number of esters is 1. The van der Waals surface area contributed by atoms with Crippen molar-refractivity contribution in [3.05, 3.63) is 33.9 Å². The summed E-state index contributed by atoms with van der Waals surface area (Å²) in [5, 5.41) is 10.7. The second-order valence-electron chi connectivity index (χ2n) is 3.97. The van der Waals surface area contributed by atoms with E-state index in [0.717, 1.165) is 0 Å². The minimum absolute atomic E-state index is 0.0246. The Bertz CT molecular complexity index is 472. The molecule has 0 amide bonds. The molecular weight excluding hydrogens is 250 g/mol. The van der Waals surface area contributed by atoms with Crippen LogP contribution in [0.1, 0.15) is 25.8 Å². The molecule has 104 valence electrons. The van der Waals surface area contributed by atoms with E-state index in [1.807, 2.05) is 0 Å². The zero-order valence-corrected chi connectivity index (χ0v) is 11.2. The Morgan fingerprint density at radius 2 is 2.11 bits per heavy atom. The largest absolute Gasteiger partial charge is 0.479 e. The Hall–Kier alpha value is -2.11. The van der Waals surface area contributed by atoms with Crippen molar-refractivity contribution in [1.29, 1.82) is 0 Å². The van der Waals surface area contributed by atoms with Crippen LogP contribution in [0, 0.1) is 17.0 Å². The lowest BCUT2D eigenvalue weighted by Gasteiger charge is -2.16. The van der Waals surface area contributed by atoms with Crippen molar-refractivity contribution < 1.29 is 19.2 Å². The summed E-state index contributed by atoms with van der Waals surface area (Å²) in [5.74, 6) is -0.0102. The first-order valence-electron chi connectivity index (χ1n) is 6.07. The molecule has 0 spiro atoms. The summed E-state index contributed by atoms with van der Waals surface area (Å²) in [6.07, 6.45) is -0.227. The maximum absolute atomic E-state index is 11.6. The molecule has 0 heterocycles. The Balaban J connectivity index is 2.84. The molecule has 6 heteroatoms. The van der Waals surface area contributed by atoms with Gasteiger partial charge in [0.1, 0.15) is 5.75 Å². The summed E-state index contributed by atoms with van der Waals surface area (Å²) in [5.41, 5.74) is 0.512. The van der Waals surface area contributed by atoms with Crippen LogP contribution < -0.4 is 4.74 Å². The lowest BCUT2D eigenvalue weighted by atomic mass is 10.2. The van der Waals surface area contributed by atoms with Gasteiger partial charge in [-0.05, 0) is 32.4 Å². The van der Waals surface area contributed by atoms with Gasteiger partial charge in [-0.3, -0.25) is 10.1 Å². The number of nitrogens with zero attached hydrogens (tertiary/aromatic N) is 1. The molecular formula is C13H17NO5. The van der Waals surface area contributed by atoms with E-state index in [2.05, 4.69) is 0 Å². The molecule has 0 unspecified atom stereocenters. The Morgan fingerprint density at radius 1 is 1.42 bits per heavy atom. The second-order valence-corrected chi connectivity index (χ2v) is 3.97. The van der Waals surface area contributed by atoms with Crippen LogP contribution in [0.4, 0.5) is 5.69 Å². The van der Waals surface area contributed by atoms with Gasteiger partial charge in [-0.25, -0.2) is 4.79 Å². The third kappa shape index (κ3) is 3.94. The third-order valence-electron chi connectivity index (χ3n) is 2.56. The molecule has 0 radical (unpaired) electrons. The molecule has 0 N–H and O–H groups in total. The number of ether oxygens (including phenoxy) is 2. The maximum Gasteiger partial charge on any atom is 0.347 e. The quantitative estimate of drug-likeness (QED) is 0.449. The molecule has 0 bridgehead atoms. The molecule has 1 aromatic rings. The van der Waals surface area contributed by atoms with Crippen LogP contribution in [-0.2, 0) is 9.53 Å². The lowest BCUT2D eigenvalue weighted by molar-refractivity contribution is -0.385. The van der Waals surface area contributed by atoms with Crippen molar-refractivity contribution in [1.82, 2.24) is 0 Å². The molecule has 0 aliphatic heterocycles. The predicted molar refractivity (Wildman–Crippen MR) is 69.2 cm³/mol. The summed E-state index contributed by atoms with van der Waals surface area (Å²) in [6.45, 7) is 5.44. The van der Waals surface area contributed by atoms with Gasteiger partial charge in [-0.15, -0.1) is 0 Å². The average Bonchev–Trinajstić information content (AvgIpc) is 2.35. The van der Waals surface area contributed by atoms with Crippen LogP contribution in [0.15, 0.2) is 18.2 Å². The van der Waals surface area contributed by atoms with Gasteiger partial charge in [0.15, 0.2) is 6.10 Å². The highest BCUT2D eigenvalue weighted by Gasteiger charge is 2.20. The smallest absolute Gasteiger partial charge is 0.347 e. The standard InChI is InChI=1S/C13H17NO5/c1-4-12(13(15)18-5-2)19-10-6-7-11(14(16)17)9(3)8-10/h6-8,12H,4-5H2,1-3H3/t12-/m1/s1. The first-order valence-corrected chi connectivity index (χ1v) is 6.07. The molecule has 0 aliphatic rings. The first kappa shape index (κ1) is 14.9. The van der Waals surface area contributed by atoms with Crippen molar-refractivity contribution >= 4 is 11.7 Å². The highest BCUT2D eigenvalue weighted by Crippen LogP contribution is 2.24. The fourth-order valence-electron chi connectivity index (χ4n) is 1.60. The number of hydrogen-bond donors (Lipinski definition) is 0. The second kappa shape index (κ2) is 6.72. The molecule has 1 atom stereocenters. The van der Waals surface area contributed by atoms with Crippen LogP contribution in [-0.4, -0.2) is 23.6 Å². The summed E-state index contributed by atoms with van der Waals surface area (Å²) < 4.78 is 10.4. The number of hydrogen-bond acceptors (Lipinski definition) is 5. The summed E-state index contributed by atoms with van der Waals surface area (Å²) in [4.78, 5) is 21.8. The van der Waals surface area contributed by atoms with Crippen LogP contribution in [0.2, 0.25) is 0 Å². The SMILES string of the molecule is CCOC(=O)[C@@H](CC)Oc1ccc([N+](=O)[O-])c(C)c1. The van der Waals surface area contributed by atoms with Crippen LogP contribution >= 0.6 is 0 Å². The first-order chi connectivity index (χ1) is 8.99. The fourth-order valence-corrected chi connectivity index (χ4v) is 1.60. The monoisotopic (exact) mass is 267 g/mol. The van der Waals surface area contributed by atoms with Gasteiger partial charge in [0.25, 0.3) is 5.69 Å². The topological polar surface area (TPSA) is 78.7 Å². The molecule has 0 fully saturated rings. The van der Waals surface area contributed by atoms with Gasteiger partial charge >= 0.3 is 5.97 Å². The van der Waals surface area contributed by atoms with Gasteiger partial charge in [-0.1, -0.05) is 6.92 Å². The number of carbonyl (C=O) groups is 1. The molecule has 1 rings (SSSR count). The fraction of sp³-hybridized carbons (Fsp3) is 0.462. The van der Waals surface area contributed by atoms with Crippen molar-refractivity contribution in [3.63, 3.8) is 0 Å². The number of nitro groups is 1. The van der Waals surface area contributed by atoms with Gasteiger partial charge < -0.3 is 9.47 Å². The number of benzene rings is 1. The maximum atomic E-state index is 11.6. The average molecular weight is 267 g/mol. The number of nitro benzene ring substituents is 1. The van der Waals surface area contributed by atoms with Gasteiger partial charge in [0, 0.05) is 11.6 Å². The van der Waals surface area contributed by atoms with Crippen LogP contribution in [0.25, 0.3) is 0 Å².